The third kappa shape index (κ3) is 4.01. The van der Waals surface area contributed by atoms with E-state index in [1.807, 2.05) is 27.7 Å². The number of carbonyl (C=O) groups excluding carboxylic acids is 1. The van der Waals surface area contributed by atoms with Crippen molar-refractivity contribution in [1.29, 1.82) is 0 Å². The summed E-state index contributed by atoms with van der Waals surface area (Å²) in [4.78, 5) is 22.2. The van der Waals surface area contributed by atoms with Crippen LogP contribution in [0.15, 0.2) is 11.3 Å². The predicted octanol–water partition coefficient (Wildman–Crippen LogP) is 2.13. The topological polar surface area (TPSA) is 67.3 Å². The molecule has 0 unspecified atom stereocenters. The van der Waals surface area contributed by atoms with Crippen LogP contribution < -0.4 is 0 Å². The molecule has 1 aromatic rings. The Balaban J connectivity index is 0.000000581. The van der Waals surface area contributed by atoms with Gasteiger partial charge in [0.05, 0.1) is 31.4 Å². The normalized spacial score (nSPS) is 11.9. The van der Waals surface area contributed by atoms with Gasteiger partial charge in [-0.15, -0.1) is 0 Å². The third-order valence-corrected chi connectivity index (χ3v) is 1.99. The van der Waals surface area contributed by atoms with Gasteiger partial charge in [-0.2, -0.15) is 0 Å². The summed E-state index contributed by atoms with van der Waals surface area (Å²) in [5.41, 5.74) is 2.31. The largest absolute Gasteiger partial charge is 0.465 e. The molecular formula is C12H21N3O2. The average Bonchev–Trinajstić information content (AvgIpc) is 2.89. The van der Waals surface area contributed by atoms with Gasteiger partial charge in [0.2, 0.25) is 0 Å². The third-order valence-electron chi connectivity index (χ3n) is 1.99. The highest BCUT2D eigenvalue weighted by atomic mass is 16.5. The van der Waals surface area contributed by atoms with Gasteiger partial charge >= 0.3 is 5.97 Å². The first-order chi connectivity index (χ1) is 8.31. The number of imidazole rings is 1. The maximum absolute atomic E-state index is 11.1. The molecule has 0 saturated heterocycles. The zero-order valence-corrected chi connectivity index (χ0v) is 11.2. The number of rotatable bonds is 1. The number of ether oxygens (including phenoxy) is 1. The molecule has 0 radical (unpaired) electrons. The molecule has 17 heavy (non-hydrogen) atoms. The van der Waals surface area contributed by atoms with E-state index in [4.69, 9.17) is 0 Å². The average molecular weight is 239 g/mol. The Morgan fingerprint density at radius 1 is 1.35 bits per heavy atom. The van der Waals surface area contributed by atoms with Gasteiger partial charge < -0.3 is 9.72 Å². The number of methoxy groups -OCH3 is 1. The Kier molecular flexibility index (Phi) is 7.67. The van der Waals surface area contributed by atoms with E-state index in [-0.39, 0.29) is 5.97 Å². The Bertz CT molecular complexity index is 370. The second-order valence-electron chi connectivity index (χ2n) is 2.76. The summed E-state index contributed by atoms with van der Waals surface area (Å²) in [6.45, 7) is 8.49. The number of carbonyl (C=O) groups is 1. The van der Waals surface area contributed by atoms with E-state index >= 15 is 0 Å². The van der Waals surface area contributed by atoms with Crippen LogP contribution in [0.4, 0.5) is 0 Å². The van der Waals surface area contributed by atoms with Gasteiger partial charge in [0.15, 0.2) is 0 Å². The minimum absolute atomic E-state index is 0.367. The SMILES string of the molecule is CC.CC.COC(=O)C1=NCc2[nH]cnc2C1. The molecule has 0 saturated carbocycles. The molecule has 1 aliphatic heterocycles. The van der Waals surface area contributed by atoms with Crippen LogP contribution in [0.3, 0.4) is 0 Å². The molecule has 0 amide bonds. The van der Waals surface area contributed by atoms with Crippen LogP contribution in [-0.4, -0.2) is 28.8 Å². The zero-order valence-electron chi connectivity index (χ0n) is 11.2. The Labute approximate surface area is 102 Å². The Morgan fingerprint density at radius 2 is 2.00 bits per heavy atom. The van der Waals surface area contributed by atoms with Gasteiger partial charge in [0.1, 0.15) is 5.71 Å². The van der Waals surface area contributed by atoms with Crippen LogP contribution in [0.2, 0.25) is 0 Å². The first-order valence-corrected chi connectivity index (χ1v) is 5.94. The number of aromatic nitrogens is 2. The second-order valence-corrected chi connectivity index (χ2v) is 2.76. The van der Waals surface area contributed by atoms with Gasteiger partial charge in [-0.25, -0.2) is 9.78 Å². The quantitative estimate of drug-likeness (QED) is 0.763. The van der Waals surface area contributed by atoms with Gasteiger partial charge in [-0.05, 0) is 0 Å². The highest BCUT2D eigenvalue weighted by molar-refractivity contribution is 6.37. The van der Waals surface area contributed by atoms with Crippen molar-refractivity contribution in [2.45, 2.75) is 40.7 Å². The number of hydrogen-bond donors (Lipinski definition) is 1. The molecule has 0 aromatic carbocycles. The summed E-state index contributed by atoms with van der Waals surface area (Å²) >= 11 is 0. The van der Waals surface area contributed by atoms with Crippen LogP contribution in [0.25, 0.3) is 0 Å². The summed E-state index contributed by atoms with van der Waals surface area (Å²) in [7, 11) is 1.35. The first-order valence-electron chi connectivity index (χ1n) is 5.94. The second kappa shape index (κ2) is 8.50. The fourth-order valence-corrected chi connectivity index (χ4v) is 1.28. The van der Waals surface area contributed by atoms with Gasteiger partial charge in [-0.3, -0.25) is 4.99 Å². The van der Waals surface area contributed by atoms with E-state index < -0.39 is 0 Å². The minimum Gasteiger partial charge on any atom is -0.465 e. The van der Waals surface area contributed by atoms with Crippen molar-refractivity contribution in [2.24, 2.45) is 4.99 Å². The maximum atomic E-state index is 11.1. The number of nitrogens with zero attached hydrogens (tertiary/aromatic N) is 2. The number of hydrogen-bond acceptors (Lipinski definition) is 4. The molecule has 2 heterocycles. The maximum Gasteiger partial charge on any atom is 0.352 e. The van der Waals surface area contributed by atoms with Gasteiger partial charge in [-0.1, -0.05) is 27.7 Å². The fraction of sp³-hybridized carbons (Fsp3) is 0.583. The van der Waals surface area contributed by atoms with E-state index in [1.165, 1.54) is 7.11 Å². The smallest absolute Gasteiger partial charge is 0.352 e. The molecule has 0 bridgehead atoms. The number of aromatic amines is 1. The van der Waals surface area contributed by atoms with Crippen LogP contribution in [0.1, 0.15) is 39.1 Å². The van der Waals surface area contributed by atoms with E-state index in [1.54, 1.807) is 6.33 Å². The molecule has 0 aliphatic carbocycles. The Morgan fingerprint density at radius 3 is 2.59 bits per heavy atom. The van der Waals surface area contributed by atoms with Crippen molar-refractivity contribution in [1.82, 2.24) is 9.97 Å². The minimum atomic E-state index is -0.367. The summed E-state index contributed by atoms with van der Waals surface area (Å²) in [5.74, 6) is -0.367. The van der Waals surface area contributed by atoms with E-state index in [9.17, 15) is 4.79 Å². The first kappa shape index (κ1) is 15.3. The summed E-state index contributed by atoms with van der Waals surface area (Å²) in [5, 5.41) is 0. The lowest BCUT2D eigenvalue weighted by Crippen LogP contribution is -2.22. The standard InChI is InChI=1S/C8H9N3O2.2C2H6/c1-13-8(12)6-2-5-7(3-9-6)11-4-10-5;2*1-2/h4H,2-3H2,1H3,(H,10,11);2*1-2H3. The van der Waals surface area contributed by atoms with Crippen molar-refractivity contribution in [2.75, 3.05) is 7.11 Å². The highest BCUT2D eigenvalue weighted by Gasteiger charge is 2.20. The molecule has 1 aromatic heterocycles. The molecule has 1 aliphatic rings. The van der Waals surface area contributed by atoms with Crippen LogP contribution in [0, 0.1) is 0 Å². The molecule has 5 nitrogen and oxygen atoms in total. The number of esters is 1. The number of fused-ring (bicyclic) bond motifs is 1. The molecule has 2 rings (SSSR count). The van der Waals surface area contributed by atoms with Crippen molar-refractivity contribution in [3.05, 3.63) is 17.7 Å². The zero-order chi connectivity index (χ0) is 13.3. The highest BCUT2D eigenvalue weighted by Crippen LogP contribution is 2.12. The number of aliphatic imine (C=N–C) groups is 1. The predicted molar refractivity (Wildman–Crippen MR) is 68.1 cm³/mol. The summed E-state index contributed by atoms with van der Waals surface area (Å²) < 4.78 is 4.57. The lowest BCUT2D eigenvalue weighted by atomic mass is 10.1. The lowest BCUT2D eigenvalue weighted by Gasteiger charge is -2.09. The van der Waals surface area contributed by atoms with Crippen LogP contribution >= 0.6 is 0 Å². The molecule has 0 fully saturated rings. The molecule has 0 spiro atoms. The summed E-state index contributed by atoms with van der Waals surface area (Å²) in [6, 6.07) is 0. The van der Waals surface area contributed by atoms with Crippen molar-refractivity contribution < 1.29 is 9.53 Å². The summed E-state index contributed by atoms with van der Waals surface area (Å²) in [6.07, 6.45) is 2.08. The van der Waals surface area contributed by atoms with Gasteiger partial charge in [0.25, 0.3) is 0 Å². The van der Waals surface area contributed by atoms with Crippen LogP contribution in [-0.2, 0) is 22.5 Å². The Hall–Kier alpha value is -1.65. The molecule has 96 valence electrons. The van der Waals surface area contributed by atoms with Crippen LogP contribution in [0.5, 0.6) is 0 Å². The van der Waals surface area contributed by atoms with Crippen molar-refractivity contribution >= 4 is 11.7 Å². The number of nitrogens with one attached hydrogen (secondary N) is 1. The molecule has 5 heteroatoms. The lowest BCUT2D eigenvalue weighted by molar-refractivity contribution is -0.132. The van der Waals surface area contributed by atoms with E-state index in [2.05, 4.69) is 19.7 Å². The monoisotopic (exact) mass is 239 g/mol. The molecule has 0 atom stereocenters. The van der Waals surface area contributed by atoms with Crippen molar-refractivity contribution in [3.8, 4) is 0 Å². The van der Waals surface area contributed by atoms with Gasteiger partial charge in [0, 0.05) is 6.42 Å². The van der Waals surface area contributed by atoms with E-state index in [0.29, 0.717) is 18.7 Å². The molecule has 1 N–H and O–H groups in total. The number of H-pyrrole nitrogens is 1. The molecular weight excluding hydrogens is 218 g/mol. The van der Waals surface area contributed by atoms with E-state index in [0.717, 1.165) is 11.4 Å². The fourth-order valence-electron chi connectivity index (χ4n) is 1.28. The van der Waals surface area contributed by atoms with Crippen molar-refractivity contribution in [3.63, 3.8) is 0 Å².